The highest BCUT2D eigenvalue weighted by Gasteiger charge is 2.19. The monoisotopic (exact) mass is 425 g/mol. The molecule has 8 heteroatoms. The molecule has 1 aromatic heterocycles. The summed E-state index contributed by atoms with van der Waals surface area (Å²) in [6.45, 7) is 1.96. The number of aryl methyl sites for hydroxylation is 1. The van der Waals surface area contributed by atoms with Crippen molar-refractivity contribution >= 4 is 28.3 Å². The number of nitrogens with one attached hydrogen (secondary N) is 1. The maximum absolute atomic E-state index is 13.0. The fourth-order valence-corrected chi connectivity index (χ4v) is 3.16. The van der Waals surface area contributed by atoms with Gasteiger partial charge in [-0.3, -0.25) is 9.59 Å². The highest BCUT2D eigenvalue weighted by atomic mass is 19.1. The highest BCUT2D eigenvalue weighted by molar-refractivity contribution is 6.03. The van der Waals surface area contributed by atoms with Gasteiger partial charge in [-0.15, -0.1) is 0 Å². The summed E-state index contributed by atoms with van der Waals surface area (Å²) in [5.41, 5.74) is 0.102. The summed E-state index contributed by atoms with van der Waals surface area (Å²) >= 11 is 0. The highest BCUT2D eigenvalue weighted by Crippen LogP contribution is 2.15. The van der Waals surface area contributed by atoms with Crippen molar-refractivity contribution in [1.82, 2.24) is 9.78 Å². The smallest absolute Gasteiger partial charge is 0.359 e. The number of aromatic nitrogens is 2. The third kappa shape index (κ3) is 5.75. The van der Waals surface area contributed by atoms with Crippen molar-refractivity contribution in [3.8, 4) is 0 Å². The number of esters is 1. The predicted molar refractivity (Wildman–Crippen MR) is 115 cm³/mol. The van der Waals surface area contributed by atoms with Crippen molar-refractivity contribution in [3.05, 3.63) is 70.4 Å². The Morgan fingerprint density at radius 3 is 2.45 bits per heavy atom. The van der Waals surface area contributed by atoms with E-state index in [0.29, 0.717) is 23.0 Å². The molecular weight excluding hydrogens is 401 g/mol. The summed E-state index contributed by atoms with van der Waals surface area (Å²) in [6.07, 6.45) is 3.85. The van der Waals surface area contributed by atoms with Gasteiger partial charge in [-0.25, -0.2) is 13.9 Å². The Morgan fingerprint density at radius 1 is 1.03 bits per heavy atom. The maximum atomic E-state index is 13.0. The van der Waals surface area contributed by atoms with Crippen LogP contribution in [0.2, 0.25) is 0 Å². The van der Waals surface area contributed by atoms with Crippen LogP contribution in [0.15, 0.2) is 53.3 Å². The maximum Gasteiger partial charge on any atom is 0.359 e. The zero-order valence-corrected chi connectivity index (χ0v) is 17.3. The molecule has 0 unspecified atom stereocenters. The first kappa shape index (κ1) is 22.1. The summed E-state index contributed by atoms with van der Waals surface area (Å²) in [7, 11) is 0. The van der Waals surface area contributed by atoms with Crippen LogP contribution in [0.3, 0.4) is 0 Å². The second kappa shape index (κ2) is 10.5. The lowest BCUT2D eigenvalue weighted by atomic mass is 10.1. The number of hydrogen-bond donors (Lipinski definition) is 1. The normalized spacial score (nSPS) is 10.8. The van der Waals surface area contributed by atoms with Gasteiger partial charge >= 0.3 is 5.97 Å². The van der Waals surface area contributed by atoms with Gasteiger partial charge in [-0.05, 0) is 36.8 Å². The fourth-order valence-electron chi connectivity index (χ4n) is 3.16. The van der Waals surface area contributed by atoms with Crippen LogP contribution in [0.25, 0.3) is 10.8 Å². The van der Waals surface area contributed by atoms with Gasteiger partial charge in [0.1, 0.15) is 5.82 Å². The minimum absolute atomic E-state index is 0.0136. The van der Waals surface area contributed by atoms with E-state index in [9.17, 15) is 18.8 Å². The number of amides is 1. The average molecular weight is 425 g/mol. The van der Waals surface area contributed by atoms with Gasteiger partial charge in [-0.2, -0.15) is 5.10 Å². The summed E-state index contributed by atoms with van der Waals surface area (Å²) in [6, 6.07) is 11.9. The Morgan fingerprint density at radius 2 is 1.74 bits per heavy atom. The number of rotatable bonds is 9. The molecule has 0 saturated carbocycles. The summed E-state index contributed by atoms with van der Waals surface area (Å²) in [5, 5.41) is 7.49. The molecule has 0 spiro atoms. The van der Waals surface area contributed by atoms with E-state index in [4.69, 9.17) is 4.74 Å². The molecule has 31 heavy (non-hydrogen) atoms. The van der Waals surface area contributed by atoms with E-state index < -0.39 is 24.3 Å². The third-order valence-corrected chi connectivity index (χ3v) is 4.75. The van der Waals surface area contributed by atoms with Gasteiger partial charge in [-0.1, -0.05) is 44.4 Å². The predicted octanol–water partition coefficient (Wildman–Crippen LogP) is 3.91. The summed E-state index contributed by atoms with van der Waals surface area (Å²) < 4.78 is 19.4. The van der Waals surface area contributed by atoms with E-state index in [1.165, 1.54) is 28.9 Å². The van der Waals surface area contributed by atoms with Crippen molar-refractivity contribution in [3.63, 3.8) is 0 Å². The van der Waals surface area contributed by atoms with Gasteiger partial charge < -0.3 is 10.1 Å². The van der Waals surface area contributed by atoms with Gasteiger partial charge in [0.05, 0.1) is 5.39 Å². The standard InChI is InChI=1S/C23H24FN3O4/c1-2-3-4-7-14-27-22(29)19-9-6-5-8-18(19)21(26-27)23(30)31-15-20(28)25-17-12-10-16(24)11-13-17/h5-6,8-13H,2-4,7,14-15H2,1H3,(H,25,28). The van der Waals surface area contributed by atoms with Crippen LogP contribution in [0.5, 0.6) is 0 Å². The van der Waals surface area contributed by atoms with Crippen molar-refractivity contribution in [2.24, 2.45) is 0 Å². The Bertz CT molecular complexity index is 1130. The zero-order chi connectivity index (χ0) is 22.2. The number of unbranched alkanes of at least 4 members (excludes halogenated alkanes) is 3. The van der Waals surface area contributed by atoms with Crippen molar-refractivity contribution in [2.75, 3.05) is 11.9 Å². The van der Waals surface area contributed by atoms with E-state index in [1.807, 2.05) is 0 Å². The van der Waals surface area contributed by atoms with Crippen LogP contribution in [0, 0.1) is 5.82 Å². The molecule has 1 heterocycles. The van der Waals surface area contributed by atoms with Crippen molar-refractivity contribution in [1.29, 1.82) is 0 Å². The molecule has 0 saturated heterocycles. The third-order valence-electron chi connectivity index (χ3n) is 4.75. The molecule has 0 aliphatic carbocycles. The Hall–Kier alpha value is -3.55. The first-order valence-corrected chi connectivity index (χ1v) is 10.2. The number of carbonyl (C=O) groups is 2. The molecule has 0 radical (unpaired) electrons. The molecule has 7 nitrogen and oxygen atoms in total. The lowest BCUT2D eigenvalue weighted by Gasteiger charge is -2.11. The zero-order valence-electron chi connectivity index (χ0n) is 17.3. The minimum atomic E-state index is -0.798. The van der Waals surface area contributed by atoms with Crippen LogP contribution in [0.1, 0.15) is 43.1 Å². The van der Waals surface area contributed by atoms with Crippen LogP contribution < -0.4 is 10.9 Å². The molecule has 0 atom stereocenters. The molecule has 1 N–H and O–H groups in total. The van der Waals surface area contributed by atoms with E-state index in [-0.39, 0.29) is 11.3 Å². The van der Waals surface area contributed by atoms with Crippen LogP contribution in [0.4, 0.5) is 10.1 Å². The number of anilines is 1. The average Bonchev–Trinajstić information content (AvgIpc) is 2.78. The van der Waals surface area contributed by atoms with E-state index >= 15 is 0 Å². The number of carbonyl (C=O) groups excluding carboxylic acids is 2. The summed E-state index contributed by atoms with van der Waals surface area (Å²) in [4.78, 5) is 37.5. The van der Waals surface area contributed by atoms with E-state index in [1.54, 1.807) is 24.3 Å². The molecule has 2 aromatic carbocycles. The summed E-state index contributed by atoms with van der Waals surface area (Å²) in [5.74, 6) is -1.79. The topological polar surface area (TPSA) is 90.3 Å². The largest absolute Gasteiger partial charge is 0.451 e. The molecule has 0 fully saturated rings. The molecule has 0 aliphatic heterocycles. The number of ether oxygens (including phenoxy) is 1. The van der Waals surface area contributed by atoms with Crippen LogP contribution in [-0.4, -0.2) is 28.3 Å². The van der Waals surface area contributed by atoms with Gasteiger partial charge in [0.2, 0.25) is 0 Å². The Kier molecular flexibility index (Phi) is 7.48. The number of hydrogen-bond acceptors (Lipinski definition) is 5. The van der Waals surface area contributed by atoms with Crippen LogP contribution >= 0.6 is 0 Å². The lowest BCUT2D eigenvalue weighted by Crippen LogP contribution is -2.28. The molecule has 3 rings (SSSR count). The van der Waals surface area contributed by atoms with Gasteiger partial charge in [0.25, 0.3) is 11.5 Å². The fraction of sp³-hybridized carbons (Fsp3) is 0.304. The minimum Gasteiger partial charge on any atom is -0.451 e. The van der Waals surface area contributed by atoms with Gasteiger partial charge in [0.15, 0.2) is 12.3 Å². The number of benzene rings is 2. The number of fused-ring (bicyclic) bond motifs is 1. The molecule has 162 valence electrons. The quantitative estimate of drug-likeness (QED) is 0.415. The second-order valence-corrected chi connectivity index (χ2v) is 7.11. The molecule has 3 aromatic rings. The van der Waals surface area contributed by atoms with E-state index in [0.717, 1.165) is 25.7 Å². The number of halogens is 1. The molecule has 0 aliphatic rings. The number of nitrogens with zero attached hydrogens (tertiary/aromatic N) is 2. The Labute approximate surface area is 178 Å². The second-order valence-electron chi connectivity index (χ2n) is 7.11. The van der Waals surface area contributed by atoms with Crippen molar-refractivity contribution < 1.29 is 18.7 Å². The van der Waals surface area contributed by atoms with E-state index in [2.05, 4.69) is 17.3 Å². The molecular formula is C23H24FN3O4. The Balaban J connectivity index is 1.74. The molecule has 1 amide bonds. The molecule has 0 bridgehead atoms. The van der Waals surface area contributed by atoms with Crippen LogP contribution in [-0.2, 0) is 16.1 Å². The SMILES string of the molecule is CCCCCCn1nc(C(=O)OCC(=O)Nc2ccc(F)cc2)c2ccccc2c1=O. The van der Waals surface area contributed by atoms with Crippen molar-refractivity contribution in [2.45, 2.75) is 39.2 Å². The van der Waals surface area contributed by atoms with Gasteiger partial charge in [0, 0.05) is 17.6 Å². The lowest BCUT2D eigenvalue weighted by molar-refractivity contribution is -0.119. The first-order valence-electron chi connectivity index (χ1n) is 10.2. The first-order chi connectivity index (χ1) is 15.0.